The van der Waals surface area contributed by atoms with E-state index in [9.17, 15) is 4.79 Å². The average molecular weight is 517 g/mol. The molecule has 1 amide bonds. The first-order chi connectivity index (χ1) is 18.7. The molecule has 2 aromatic carbocycles. The van der Waals surface area contributed by atoms with E-state index in [1.165, 1.54) is 18.4 Å². The highest BCUT2D eigenvalue weighted by Crippen LogP contribution is 2.30. The summed E-state index contributed by atoms with van der Waals surface area (Å²) in [6, 6.07) is 14.8. The van der Waals surface area contributed by atoms with E-state index >= 15 is 0 Å². The van der Waals surface area contributed by atoms with Crippen LogP contribution in [-0.2, 0) is 22.6 Å². The third kappa shape index (κ3) is 7.85. The number of carbonyl (C=O) groups is 1. The molecule has 0 radical (unpaired) electrons. The fourth-order valence-corrected chi connectivity index (χ4v) is 4.94. The molecule has 0 saturated carbocycles. The predicted octanol–water partition coefficient (Wildman–Crippen LogP) is 5.88. The number of anilines is 1. The van der Waals surface area contributed by atoms with Crippen LogP contribution in [0.5, 0.6) is 5.75 Å². The molecular formula is C31H40N4O3. The van der Waals surface area contributed by atoms with Gasteiger partial charge in [-0.05, 0) is 66.8 Å². The smallest absolute Gasteiger partial charge is 0.252 e. The van der Waals surface area contributed by atoms with E-state index < -0.39 is 0 Å². The number of fused-ring (bicyclic) bond motifs is 1. The number of carbonyl (C=O) groups excluding carboxylic acids is 1. The summed E-state index contributed by atoms with van der Waals surface area (Å²) in [5, 5.41) is 0. The van der Waals surface area contributed by atoms with E-state index in [2.05, 4.69) is 64.3 Å². The largest absolute Gasteiger partial charge is 0.494 e. The van der Waals surface area contributed by atoms with Gasteiger partial charge < -0.3 is 14.4 Å². The molecule has 38 heavy (non-hydrogen) atoms. The Morgan fingerprint density at radius 2 is 1.66 bits per heavy atom. The molecule has 1 aromatic heterocycles. The maximum Gasteiger partial charge on any atom is 0.252 e. The third-order valence-electron chi connectivity index (χ3n) is 6.89. The van der Waals surface area contributed by atoms with Crippen LogP contribution in [0.4, 0.5) is 5.69 Å². The second-order valence-electron chi connectivity index (χ2n) is 9.92. The summed E-state index contributed by atoms with van der Waals surface area (Å²) in [6.07, 6.45) is 11.8. The van der Waals surface area contributed by atoms with Gasteiger partial charge in [-0.1, -0.05) is 44.4 Å². The zero-order valence-corrected chi connectivity index (χ0v) is 22.8. The van der Waals surface area contributed by atoms with Gasteiger partial charge in [-0.25, -0.2) is 9.97 Å². The van der Waals surface area contributed by atoms with E-state index in [1.807, 2.05) is 17.3 Å². The van der Waals surface area contributed by atoms with Crippen LogP contribution in [0.1, 0.15) is 56.6 Å². The Balaban J connectivity index is 1.66. The van der Waals surface area contributed by atoms with Crippen molar-refractivity contribution in [2.45, 2.75) is 58.5 Å². The molecule has 0 fully saturated rings. The Morgan fingerprint density at radius 1 is 0.921 bits per heavy atom. The lowest BCUT2D eigenvalue weighted by molar-refractivity contribution is -0.122. The van der Waals surface area contributed by atoms with Gasteiger partial charge in [-0.3, -0.25) is 9.69 Å². The number of rotatable bonds is 8. The van der Waals surface area contributed by atoms with Gasteiger partial charge in [0.15, 0.2) is 0 Å². The summed E-state index contributed by atoms with van der Waals surface area (Å²) >= 11 is 0. The van der Waals surface area contributed by atoms with Gasteiger partial charge in [0, 0.05) is 50.4 Å². The predicted molar refractivity (Wildman–Crippen MR) is 151 cm³/mol. The van der Waals surface area contributed by atoms with Crippen molar-refractivity contribution in [2.75, 3.05) is 38.3 Å². The zero-order chi connectivity index (χ0) is 26.6. The summed E-state index contributed by atoms with van der Waals surface area (Å²) < 4.78 is 11.0. The third-order valence-corrected chi connectivity index (χ3v) is 6.89. The Morgan fingerprint density at radius 3 is 2.39 bits per heavy atom. The number of amides is 1. The zero-order valence-electron chi connectivity index (χ0n) is 22.8. The number of benzene rings is 2. The molecular weight excluding hydrogens is 476 g/mol. The quantitative estimate of drug-likeness (QED) is 0.373. The van der Waals surface area contributed by atoms with Crippen molar-refractivity contribution in [2.24, 2.45) is 0 Å². The van der Waals surface area contributed by atoms with Gasteiger partial charge in [0.25, 0.3) is 5.91 Å². The highest BCUT2D eigenvalue weighted by molar-refractivity contribution is 5.95. The lowest BCUT2D eigenvalue weighted by atomic mass is 10.0. The van der Waals surface area contributed by atoms with Crippen LogP contribution in [0.15, 0.2) is 61.2 Å². The summed E-state index contributed by atoms with van der Waals surface area (Å²) in [5.41, 5.74) is 5.35. The lowest BCUT2D eigenvalue weighted by Gasteiger charge is -2.30. The summed E-state index contributed by atoms with van der Waals surface area (Å²) in [5.74, 6) is 0.910. The number of nitrogens with zero attached hydrogens (tertiary/aromatic N) is 4. The van der Waals surface area contributed by atoms with Crippen molar-refractivity contribution >= 4 is 11.6 Å². The fraction of sp³-hybridized carbons (Fsp3) is 0.452. The Labute approximate surface area is 226 Å². The molecule has 0 saturated heterocycles. The maximum absolute atomic E-state index is 13.2. The van der Waals surface area contributed by atoms with Crippen LogP contribution in [0.2, 0.25) is 0 Å². The minimum absolute atomic E-state index is 0.00387. The SMILES string of the molecule is CCCOc1ccc(CN2CCCCCCCN(C(=O)COC)c3ccc(-c4cncnc4)cc3C2)cc1. The Kier molecular flexibility index (Phi) is 10.7. The molecule has 7 nitrogen and oxygen atoms in total. The van der Waals surface area contributed by atoms with Crippen molar-refractivity contribution in [3.63, 3.8) is 0 Å². The van der Waals surface area contributed by atoms with E-state index in [1.54, 1.807) is 13.4 Å². The molecule has 0 N–H and O–H groups in total. The normalized spacial score (nSPS) is 15.3. The van der Waals surface area contributed by atoms with Gasteiger partial charge in [0.1, 0.15) is 18.7 Å². The topological polar surface area (TPSA) is 67.8 Å². The lowest BCUT2D eigenvalue weighted by Crippen LogP contribution is -2.36. The number of aromatic nitrogens is 2. The minimum Gasteiger partial charge on any atom is -0.494 e. The molecule has 202 valence electrons. The second kappa shape index (κ2) is 14.6. The Hall–Kier alpha value is -3.29. The molecule has 0 unspecified atom stereocenters. The molecule has 1 aliphatic rings. The molecule has 0 spiro atoms. The van der Waals surface area contributed by atoms with Crippen LogP contribution >= 0.6 is 0 Å². The molecule has 3 aromatic rings. The van der Waals surface area contributed by atoms with E-state index in [-0.39, 0.29) is 12.5 Å². The van der Waals surface area contributed by atoms with Crippen molar-refractivity contribution in [1.82, 2.24) is 14.9 Å². The second-order valence-corrected chi connectivity index (χ2v) is 9.92. The first kappa shape index (κ1) is 27.7. The van der Waals surface area contributed by atoms with Crippen molar-refractivity contribution in [1.29, 1.82) is 0 Å². The molecule has 1 aliphatic heterocycles. The van der Waals surface area contributed by atoms with Crippen LogP contribution in [0, 0.1) is 0 Å². The van der Waals surface area contributed by atoms with E-state index in [0.717, 1.165) is 80.1 Å². The van der Waals surface area contributed by atoms with Crippen molar-refractivity contribution in [3.05, 3.63) is 72.3 Å². The van der Waals surface area contributed by atoms with Gasteiger partial charge in [0.05, 0.1) is 6.61 Å². The highest BCUT2D eigenvalue weighted by Gasteiger charge is 2.21. The first-order valence-corrected chi connectivity index (χ1v) is 13.8. The van der Waals surface area contributed by atoms with Gasteiger partial charge in [-0.2, -0.15) is 0 Å². The minimum atomic E-state index is -0.00387. The molecule has 0 atom stereocenters. The summed E-state index contributed by atoms with van der Waals surface area (Å²) in [7, 11) is 1.58. The van der Waals surface area contributed by atoms with Crippen LogP contribution in [-0.4, -0.2) is 54.2 Å². The van der Waals surface area contributed by atoms with Crippen molar-refractivity contribution < 1.29 is 14.3 Å². The van der Waals surface area contributed by atoms with Gasteiger partial charge in [-0.15, -0.1) is 0 Å². The molecule has 0 aliphatic carbocycles. The van der Waals surface area contributed by atoms with Gasteiger partial charge >= 0.3 is 0 Å². The summed E-state index contributed by atoms with van der Waals surface area (Å²) in [4.78, 5) is 26.0. The highest BCUT2D eigenvalue weighted by atomic mass is 16.5. The van der Waals surface area contributed by atoms with Crippen LogP contribution < -0.4 is 9.64 Å². The fourth-order valence-electron chi connectivity index (χ4n) is 4.94. The average Bonchev–Trinajstić information content (AvgIpc) is 2.94. The van der Waals surface area contributed by atoms with Crippen LogP contribution in [0.3, 0.4) is 0 Å². The van der Waals surface area contributed by atoms with Crippen LogP contribution in [0.25, 0.3) is 11.1 Å². The van der Waals surface area contributed by atoms with Crippen molar-refractivity contribution in [3.8, 4) is 16.9 Å². The first-order valence-electron chi connectivity index (χ1n) is 13.8. The number of ether oxygens (including phenoxy) is 2. The molecule has 4 rings (SSSR count). The number of hydrogen-bond donors (Lipinski definition) is 0. The number of methoxy groups -OCH3 is 1. The molecule has 0 bridgehead atoms. The van der Waals surface area contributed by atoms with E-state index in [0.29, 0.717) is 6.54 Å². The Bertz CT molecular complexity index is 1140. The monoisotopic (exact) mass is 516 g/mol. The molecule has 7 heteroatoms. The van der Waals surface area contributed by atoms with Gasteiger partial charge in [0.2, 0.25) is 0 Å². The number of hydrogen-bond acceptors (Lipinski definition) is 6. The standard InChI is InChI=1S/C31H40N4O3/c1-3-17-38-29-12-9-25(10-13-29)21-34-15-7-5-4-6-8-16-35(31(36)23-37-2)30-14-11-26(18-27(30)22-34)28-19-32-24-33-20-28/h9-14,18-20,24H,3-8,15-17,21-23H2,1-2H3. The summed E-state index contributed by atoms with van der Waals surface area (Å²) in [6.45, 7) is 6.18. The maximum atomic E-state index is 13.2. The van der Waals surface area contributed by atoms with E-state index in [4.69, 9.17) is 9.47 Å². The molecule has 2 heterocycles.